The molecule has 0 saturated heterocycles. The summed E-state index contributed by atoms with van der Waals surface area (Å²) in [5, 5.41) is 3.42. The summed E-state index contributed by atoms with van der Waals surface area (Å²) in [6.07, 6.45) is 1.73. The Balaban J connectivity index is 1.54. The lowest BCUT2D eigenvalue weighted by Crippen LogP contribution is -2.36. The summed E-state index contributed by atoms with van der Waals surface area (Å²) in [5.41, 5.74) is 5.04. The molecular formula is C36H39NO7. The third kappa shape index (κ3) is 6.30. The highest BCUT2D eigenvalue weighted by atomic mass is 16.5. The minimum Gasteiger partial charge on any atom is -0.493 e. The van der Waals surface area contributed by atoms with Gasteiger partial charge in [-0.2, -0.15) is 0 Å². The van der Waals surface area contributed by atoms with Crippen LogP contribution in [0.15, 0.2) is 89.3 Å². The van der Waals surface area contributed by atoms with Crippen LogP contribution in [-0.4, -0.2) is 39.7 Å². The Morgan fingerprint density at radius 3 is 2.20 bits per heavy atom. The first-order chi connectivity index (χ1) is 21.4. The lowest BCUT2D eigenvalue weighted by Gasteiger charge is -2.37. The Kier molecular flexibility index (Phi) is 9.58. The van der Waals surface area contributed by atoms with Crippen molar-refractivity contribution in [2.24, 2.45) is 0 Å². The fourth-order valence-corrected chi connectivity index (χ4v) is 5.98. The number of dihydropyridines is 1. The van der Waals surface area contributed by atoms with Crippen molar-refractivity contribution in [3.63, 3.8) is 0 Å². The molecule has 2 atom stereocenters. The average molecular weight is 598 g/mol. The topological polar surface area (TPSA) is 92.3 Å². The number of hydrogen-bond donors (Lipinski definition) is 1. The number of ether oxygens (including phenoxy) is 5. The van der Waals surface area contributed by atoms with E-state index >= 15 is 0 Å². The van der Waals surface area contributed by atoms with Crippen molar-refractivity contribution < 1.29 is 33.3 Å². The number of nitrogens with one attached hydrogen (secondary N) is 1. The Labute approximate surface area is 258 Å². The number of rotatable bonds is 11. The van der Waals surface area contributed by atoms with Gasteiger partial charge in [0.15, 0.2) is 28.8 Å². The van der Waals surface area contributed by atoms with E-state index in [0.717, 1.165) is 28.8 Å². The zero-order valence-corrected chi connectivity index (χ0v) is 25.9. The third-order valence-corrected chi connectivity index (χ3v) is 8.12. The van der Waals surface area contributed by atoms with Crippen molar-refractivity contribution in [3.05, 3.63) is 106 Å². The molecule has 2 unspecified atom stereocenters. The standard InChI is InChI=1S/C36H39NO7/c1-6-16-43-30-15-13-25(20-32(30)42-5)34-33(36(39)44-21-23-10-8-7-9-11-23)22(2)37-27-17-26(18-28(38)35(27)34)24-12-14-29(40-3)31(19-24)41-4/h7-15,19-20,26,34,37H,6,16-18,21H2,1-5H3. The maximum absolute atomic E-state index is 14.1. The number of esters is 1. The number of benzene rings is 3. The summed E-state index contributed by atoms with van der Waals surface area (Å²) in [5.74, 6) is 1.17. The lowest BCUT2D eigenvalue weighted by molar-refractivity contribution is -0.140. The molecule has 3 aromatic carbocycles. The molecule has 3 aromatic rings. The molecule has 8 heteroatoms. The molecule has 0 aromatic heterocycles. The highest BCUT2D eigenvalue weighted by molar-refractivity contribution is 6.04. The zero-order valence-electron chi connectivity index (χ0n) is 25.9. The van der Waals surface area contributed by atoms with Gasteiger partial charge in [0.25, 0.3) is 0 Å². The Bertz CT molecular complexity index is 1590. The maximum Gasteiger partial charge on any atom is 0.337 e. The molecule has 1 heterocycles. The summed E-state index contributed by atoms with van der Waals surface area (Å²) in [6.45, 7) is 4.56. The molecule has 8 nitrogen and oxygen atoms in total. The molecule has 2 aliphatic rings. The van der Waals surface area contributed by atoms with Gasteiger partial charge in [-0.15, -0.1) is 0 Å². The second-order valence-electron chi connectivity index (χ2n) is 11.0. The molecule has 0 saturated carbocycles. The summed E-state index contributed by atoms with van der Waals surface area (Å²) in [7, 11) is 4.78. The summed E-state index contributed by atoms with van der Waals surface area (Å²) in [6, 6.07) is 20.9. The van der Waals surface area contributed by atoms with Crippen molar-refractivity contribution in [2.75, 3.05) is 27.9 Å². The largest absolute Gasteiger partial charge is 0.493 e. The monoisotopic (exact) mass is 597 g/mol. The van der Waals surface area contributed by atoms with Crippen LogP contribution < -0.4 is 24.3 Å². The molecule has 0 radical (unpaired) electrons. The first-order valence-corrected chi connectivity index (χ1v) is 14.9. The van der Waals surface area contributed by atoms with Crippen LogP contribution in [0.1, 0.15) is 61.6 Å². The number of carbonyl (C=O) groups excluding carboxylic acids is 2. The van der Waals surface area contributed by atoms with Crippen LogP contribution in [0.3, 0.4) is 0 Å². The molecule has 0 bridgehead atoms. The van der Waals surface area contributed by atoms with Crippen LogP contribution in [0.5, 0.6) is 23.0 Å². The Hall–Kier alpha value is -4.72. The fourth-order valence-electron chi connectivity index (χ4n) is 5.98. The zero-order chi connectivity index (χ0) is 31.2. The molecule has 44 heavy (non-hydrogen) atoms. The van der Waals surface area contributed by atoms with E-state index in [1.807, 2.05) is 80.6 Å². The first kappa shape index (κ1) is 30.7. The van der Waals surface area contributed by atoms with Crippen LogP contribution >= 0.6 is 0 Å². The fraction of sp³-hybridized carbons (Fsp3) is 0.333. The first-order valence-electron chi connectivity index (χ1n) is 14.9. The second-order valence-corrected chi connectivity index (χ2v) is 11.0. The molecule has 5 rings (SSSR count). The van der Waals surface area contributed by atoms with E-state index in [4.69, 9.17) is 23.7 Å². The van der Waals surface area contributed by atoms with Crippen molar-refractivity contribution in [1.29, 1.82) is 0 Å². The Morgan fingerprint density at radius 1 is 0.841 bits per heavy atom. The molecule has 230 valence electrons. The molecule has 1 N–H and O–H groups in total. The number of allylic oxidation sites excluding steroid dienone is 3. The Morgan fingerprint density at radius 2 is 1.50 bits per heavy atom. The third-order valence-electron chi connectivity index (χ3n) is 8.12. The van der Waals surface area contributed by atoms with Crippen molar-refractivity contribution in [3.8, 4) is 23.0 Å². The van der Waals surface area contributed by atoms with Gasteiger partial charge in [-0.1, -0.05) is 49.4 Å². The van der Waals surface area contributed by atoms with E-state index < -0.39 is 11.9 Å². The van der Waals surface area contributed by atoms with Crippen LogP contribution in [0.2, 0.25) is 0 Å². The van der Waals surface area contributed by atoms with Crippen LogP contribution in [0.25, 0.3) is 0 Å². The van der Waals surface area contributed by atoms with Crippen LogP contribution in [-0.2, 0) is 20.9 Å². The molecule has 0 amide bonds. The SMILES string of the molecule is CCCOc1ccc(C2C(C(=O)OCc3ccccc3)=C(C)NC3=C2C(=O)CC(c2ccc(OC)c(OC)c2)C3)cc1OC. The van der Waals surface area contributed by atoms with Gasteiger partial charge in [0.05, 0.1) is 33.5 Å². The van der Waals surface area contributed by atoms with Gasteiger partial charge in [0, 0.05) is 29.3 Å². The van der Waals surface area contributed by atoms with Gasteiger partial charge in [0.1, 0.15) is 6.61 Å². The van der Waals surface area contributed by atoms with E-state index in [1.54, 1.807) is 21.3 Å². The lowest BCUT2D eigenvalue weighted by atomic mass is 9.71. The van der Waals surface area contributed by atoms with Gasteiger partial charge in [-0.25, -0.2) is 4.79 Å². The average Bonchev–Trinajstić information content (AvgIpc) is 3.05. The number of methoxy groups -OCH3 is 3. The minimum atomic E-state index is -0.637. The van der Waals surface area contributed by atoms with Crippen molar-refractivity contribution in [1.82, 2.24) is 5.32 Å². The molecule has 1 aliphatic heterocycles. The van der Waals surface area contributed by atoms with Crippen molar-refractivity contribution >= 4 is 11.8 Å². The van der Waals surface area contributed by atoms with Gasteiger partial charge in [-0.3, -0.25) is 4.79 Å². The number of carbonyl (C=O) groups is 2. The summed E-state index contributed by atoms with van der Waals surface area (Å²) < 4.78 is 28.3. The summed E-state index contributed by atoms with van der Waals surface area (Å²) in [4.78, 5) is 27.9. The minimum absolute atomic E-state index is 0.0327. The van der Waals surface area contributed by atoms with E-state index in [-0.39, 0.29) is 24.7 Å². The van der Waals surface area contributed by atoms with Gasteiger partial charge in [-0.05, 0) is 66.6 Å². The second kappa shape index (κ2) is 13.7. The predicted octanol–water partition coefficient (Wildman–Crippen LogP) is 6.61. The van der Waals surface area contributed by atoms with Crippen LogP contribution in [0.4, 0.5) is 0 Å². The van der Waals surface area contributed by atoms with Gasteiger partial charge in [0.2, 0.25) is 0 Å². The van der Waals surface area contributed by atoms with E-state index in [2.05, 4.69) is 5.32 Å². The quantitative estimate of drug-likeness (QED) is 0.247. The molecular weight excluding hydrogens is 558 g/mol. The van der Waals surface area contributed by atoms with E-state index in [1.165, 1.54) is 0 Å². The van der Waals surface area contributed by atoms with Gasteiger partial charge < -0.3 is 29.0 Å². The number of Topliss-reactive ketones (excluding diaryl/α,β-unsaturated/α-hetero) is 1. The number of ketones is 1. The highest BCUT2D eigenvalue weighted by Gasteiger charge is 2.42. The van der Waals surface area contributed by atoms with Crippen LogP contribution in [0, 0.1) is 0 Å². The normalized spacial score (nSPS) is 17.9. The highest BCUT2D eigenvalue weighted by Crippen LogP contribution is 2.47. The van der Waals surface area contributed by atoms with E-state index in [0.29, 0.717) is 52.9 Å². The molecule has 1 aliphatic carbocycles. The molecule has 0 spiro atoms. The number of hydrogen-bond acceptors (Lipinski definition) is 8. The van der Waals surface area contributed by atoms with E-state index in [9.17, 15) is 9.59 Å². The summed E-state index contributed by atoms with van der Waals surface area (Å²) >= 11 is 0. The van der Waals surface area contributed by atoms with Crippen molar-refractivity contribution in [2.45, 2.75) is 51.6 Å². The maximum atomic E-state index is 14.1. The molecule has 0 fully saturated rings. The predicted molar refractivity (Wildman–Crippen MR) is 167 cm³/mol. The van der Waals surface area contributed by atoms with Gasteiger partial charge >= 0.3 is 5.97 Å². The smallest absolute Gasteiger partial charge is 0.337 e.